The number of hydrogen-bond acceptors (Lipinski definition) is 6. The van der Waals surface area contributed by atoms with Crippen LogP contribution in [0.25, 0.3) is 0 Å². The summed E-state index contributed by atoms with van der Waals surface area (Å²) in [5, 5.41) is 12.3. The molecule has 0 aliphatic carbocycles. The molecule has 132 valence electrons. The molecule has 0 aromatic carbocycles. The van der Waals surface area contributed by atoms with Gasteiger partial charge in [-0.15, -0.1) is 11.3 Å². The molecule has 1 atom stereocenters. The molecule has 0 saturated carbocycles. The molecule has 1 N–H and O–H groups in total. The summed E-state index contributed by atoms with van der Waals surface area (Å²) in [7, 11) is 0. The fraction of sp³-hybridized carbons (Fsp3) is 0.412. The fourth-order valence-corrected chi connectivity index (χ4v) is 3.12. The average Bonchev–Trinajstić information content (AvgIpc) is 3.03. The smallest absolute Gasteiger partial charge is 0.271 e. The van der Waals surface area contributed by atoms with Crippen LogP contribution in [0.4, 0.5) is 10.1 Å². The number of nitrogens with zero attached hydrogens (tertiary/aromatic N) is 4. The van der Waals surface area contributed by atoms with Crippen LogP contribution in [0.1, 0.15) is 41.6 Å². The Bertz CT molecular complexity index is 757. The zero-order chi connectivity index (χ0) is 18.2. The van der Waals surface area contributed by atoms with Crippen molar-refractivity contribution >= 4 is 22.9 Å². The summed E-state index contributed by atoms with van der Waals surface area (Å²) in [6, 6.07) is 1.22. The first kappa shape index (κ1) is 18.8. The van der Waals surface area contributed by atoms with Gasteiger partial charge < -0.3 is 5.32 Å². The highest BCUT2D eigenvalue weighted by Gasteiger charge is 2.18. The van der Waals surface area contributed by atoms with E-state index < -0.39 is 5.82 Å². The lowest BCUT2D eigenvalue weighted by molar-refractivity contribution is 0.0948. The van der Waals surface area contributed by atoms with Gasteiger partial charge in [0, 0.05) is 23.5 Å². The van der Waals surface area contributed by atoms with E-state index in [1.807, 2.05) is 13.8 Å². The van der Waals surface area contributed by atoms with Crippen LogP contribution in [0.2, 0.25) is 0 Å². The Morgan fingerprint density at radius 1 is 1.52 bits per heavy atom. The van der Waals surface area contributed by atoms with Crippen molar-refractivity contribution in [1.82, 2.24) is 15.3 Å². The molecule has 0 bridgehead atoms. The van der Waals surface area contributed by atoms with Crippen molar-refractivity contribution < 1.29 is 9.18 Å². The second kappa shape index (κ2) is 9.08. The minimum absolute atomic E-state index is 0.0773. The number of carbonyl (C=O) groups is 1. The summed E-state index contributed by atoms with van der Waals surface area (Å²) < 4.78 is 13.3. The molecule has 8 heteroatoms. The van der Waals surface area contributed by atoms with E-state index >= 15 is 0 Å². The van der Waals surface area contributed by atoms with Gasteiger partial charge in [-0.25, -0.2) is 9.37 Å². The van der Waals surface area contributed by atoms with E-state index in [4.69, 9.17) is 0 Å². The third-order valence-electron chi connectivity index (χ3n) is 3.87. The van der Waals surface area contributed by atoms with Gasteiger partial charge in [0.15, 0.2) is 6.19 Å². The number of carbonyl (C=O) groups excluding carboxylic acids is 1. The molecular formula is C17H20FN5OS. The lowest BCUT2D eigenvalue weighted by Gasteiger charge is -2.25. The first-order valence-electron chi connectivity index (χ1n) is 8.04. The van der Waals surface area contributed by atoms with Crippen LogP contribution in [0.5, 0.6) is 0 Å². The van der Waals surface area contributed by atoms with Crippen LogP contribution < -0.4 is 10.2 Å². The SMILES string of the molecule is CCC(CCCNC(=O)c1ncsc1C)N(C#N)c1cncc(F)c1. The Labute approximate surface area is 150 Å². The number of thiazole rings is 1. The molecular weight excluding hydrogens is 341 g/mol. The van der Waals surface area contributed by atoms with Crippen molar-refractivity contribution in [2.24, 2.45) is 0 Å². The zero-order valence-electron chi connectivity index (χ0n) is 14.2. The summed E-state index contributed by atoms with van der Waals surface area (Å²) in [5.41, 5.74) is 2.55. The first-order valence-corrected chi connectivity index (χ1v) is 8.92. The van der Waals surface area contributed by atoms with Crippen molar-refractivity contribution in [3.8, 4) is 6.19 Å². The molecule has 0 fully saturated rings. The van der Waals surface area contributed by atoms with Crippen LogP contribution in [0.3, 0.4) is 0 Å². The van der Waals surface area contributed by atoms with Crippen molar-refractivity contribution in [2.75, 3.05) is 11.4 Å². The molecule has 1 unspecified atom stereocenters. The van der Waals surface area contributed by atoms with Gasteiger partial charge in [0.2, 0.25) is 0 Å². The van der Waals surface area contributed by atoms with Gasteiger partial charge in [-0.2, -0.15) is 5.26 Å². The molecule has 1 amide bonds. The minimum Gasteiger partial charge on any atom is -0.351 e. The molecule has 2 aromatic rings. The summed E-state index contributed by atoms with van der Waals surface area (Å²) in [4.78, 5) is 22.2. The van der Waals surface area contributed by atoms with E-state index in [2.05, 4.69) is 21.5 Å². The van der Waals surface area contributed by atoms with Crippen LogP contribution in [0, 0.1) is 24.2 Å². The highest BCUT2D eigenvalue weighted by molar-refractivity contribution is 7.09. The van der Waals surface area contributed by atoms with Crippen LogP contribution >= 0.6 is 11.3 Å². The number of hydrogen-bond donors (Lipinski definition) is 1. The Morgan fingerprint density at radius 2 is 2.32 bits per heavy atom. The number of nitrogens with one attached hydrogen (secondary N) is 1. The molecule has 2 heterocycles. The Balaban J connectivity index is 1.88. The van der Waals surface area contributed by atoms with Gasteiger partial charge in [0.1, 0.15) is 11.5 Å². The van der Waals surface area contributed by atoms with Crippen molar-refractivity contribution in [2.45, 2.75) is 39.2 Å². The highest BCUT2D eigenvalue weighted by atomic mass is 32.1. The van der Waals surface area contributed by atoms with Gasteiger partial charge in [-0.3, -0.25) is 14.7 Å². The Hall–Kier alpha value is -2.53. The Morgan fingerprint density at radius 3 is 2.92 bits per heavy atom. The number of aryl methyl sites for hydroxylation is 1. The van der Waals surface area contributed by atoms with E-state index in [-0.39, 0.29) is 11.9 Å². The molecule has 0 aliphatic heterocycles. The maximum absolute atomic E-state index is 13.3. The topological polar surface area (TPSA) is 81.9 Å². The van der Waals surface area contributed by atoms with E-state index in [1.54, 1.807) is 5.51 Å². The molecule has 0 spiro atoms. The van der Waals surface area contributed by atoms with Crippen LogP contribution in [-0.4, -0.2) is 28.5 Å². The maximum Gasteiger partial charge on any atom is 0.271 e. The predicted octanol–water partition coefficient (Wildman–Crippen LogP) is 3.26. The number of amides is 1. The molecule has 0 saturated heterocycles. The van der Waals surface area contributed by atoms with Crippen LogP contribution in [0.15, 0.2) is 24.0 Å². The van der Waals surface area contributed by atoms with Gasteiger partial charge in [0.25, 0.3) is 5.91 Å². The van der Waals surface area contributed by atoms with Gasteiger partial charge in [-0.1, -0.05) is 6.92 Å². The first-order chi connectivity index (χ1) is 12.1. The number of aromatic nitrogens is 2. The molecule has 25 heavy (non-hydrogen) atoms. The number of rotatable bonds is 8. The lowest BCUT2D eigenvalue weighted by Crippen LogP contribution is -2.32. The lowest BCUT2D eigenvalue weighted by atomic mass is 10.1. The third kappa shape index (κ3) is 4.97. The van der Waals surface area contributed by atoms with Gasteiger partial charge in [-0.05, 0) is 26.2 Å². The maximum atomic E-state index is 13.3. The number of nitriles is 1. The molecule has 0 aliphatic rings. The standard InChI is InChI=1S/C17H20FN5OS/c1-3-14(23(10-19)15-7-13(18)8-20-9-15)5-4-6-21-17(24)16-12(2)25-11-22-16/h7-9,11,14H,3-6H2,1-2H3,(H,21,24). The number of anilines is 1. The number of halogens is 1. The summed E-state index contributed by atoms with van der Waals surface area (Å²) in [6.07, 6.45) is 6.81. The monoisotopic (exact) mass is 361 g/mol. The van der Waals surface area contributed by atoms with Crippen LogP contribution in [-0.2, 0) is 0 Å². The van der Waals surface area contributed by atoms with E-state index in [9.17, 15) is 14.4 Å². The normalized spacial score (nSPS) is 11.6. The predicted molar refractivity (Wildman–Crippen MR) is 94.8 cm³/mol. The summed E-state index contributed by atoms with van der Waals surface area (Å²) in [5.74, 6) is -0.656. The molecule has 2 aromatic heterocycles. The second-order valence-electron chi connectivity index (χ2n) is 5.55. The van der Waals surface area contributed by atoms with Gasteiger partial charge in [0.05, 0.1) is 23.6 Å². The van der Waals surface area contributed by atoms with E-state index in [0.29, 0.717) is 30.8 Å². The van der Waals surface area contributed by atoms with E-state index in [0.717, 1.165) is 17.5 Å². The summed E-state index contributed by atoms with van der Waals surface area (Å²) in [6.45, 7) is 4.32. The summed E-state index contributed by atoms with van der Waals surface area (Å²) >= 11 is 1.43. The molecule has 2 rings (SSSR count). The molecule has 6 nitrogen and oxygen atoms in total. The third-order valence-corrected chi connectivity index (χ3v) is 4.63. The van der Waals surface area contributed by atoms with Gasteiger partial charge >= 0.3 is 0 Å². The average molecular weight is 361 g/mol. The minimum atomic E-state index is -0.474. The van der Waals surface area contributed by atoms with Crippen molar-refractivity contribution in [3.63, 3.8) is 0 Å². The molecule has 0 radical (unpaired) electrons. The number of pyridine rings is 1. The Kier molecular flexibility index (Phi) is 6.83. The van der Waals surface area contributed by atoms with Crippen molar-refractivity contribution in [3.05, 3.63) is 40.4 Å². The van der Waals surface area contributed by atoms with E-state index in [1.165, 1.54) is 28.5 Å². The zero-order valence-corrected chi connectivity index (χ0v) is 15.0. The fourth-order valence-electron chi connectivity index (χ4n) is 2.55. The quantitative estimate of drug-likeness (QED) is 0.443. The highest BCUT2D eigenvalue weighted by Crippen LogP contribution is 2.20. The van der Waals surface area contributed by atoms with Crippen molar-refractivity contribution in [1.29, 1.82) is 5.26 Å². The second-order valence-corrected chi connectivity index (χ2v) is 6.61. The largest absolute Gasteiger partial charge is 0.351 e.